The molecule has 2 aromatic rings. The van der Waals surface area contributed by atoms with Gasteiger partial charge in [-0.2, -0.15) is 0 Å². The number of likely N-dealkylation sites (tertiary alicyclic amines) is 1. The molecule has 4 heteroatoms. The van der Waals surface area contributed by atoms with Crippen molar-refractivity contribution < 1.29 is 0 Å². The molecule has 2 heterocycles. The highest BCUT2D eigenvalue weighted by atomic mass is 15.2. The topological polar surface area (TPSA) is 47.1 Å². The van der Waals surface area contributed by atoms with Crippen LogP contribution in [0.15, 0.2) is 42.9 Å². The van der Waals surface area contributed by atoms with Crippen molar-refractivity contribution in [2.24, 2.45) is 5.73 Å². The zero-order valence-electron chi connectivity index (χ0n) is 12.7. The van der Waals surface area contributed by atoms with Gasteiger partial charge < -0.3 is 15.2 Å². The van der Waals surface area contributed by atoms with E-state index in [2.05, 4.69) is 33.6 Å². The number of nitrogens with two attached hydrogens (primary N) is 1. The number of aromatic nitrogens is 2. The maximum atomic E-state index is 6.43. The van der Waals surface area contributed by atoms with Gasteiger partial charge in [-0.15, -0.1) is 0 Å². The Morgan fingerprint density at radius 3 is 2.86 bits per heavy atom. The third-order valence-corrected chi connectivity index (χ3v) is 4.55. The molecule has 1 aromatic carbocycles. The lowest BCUT2D eigenvalue weighted by atomic mass is 10.0. The zero-order chi connectivity index (χ0) is 14.7. The number of imidazole rings is 1. The van der Waals surface area contributed by atoms with Crippen molar-refractivity contribution >= 4 is 0 Å². The number of hydrogen-bond acceptors (Lipinski definition) is 3. The SMILES string of the molecule is CN1CCCCC1Cn1cncc1C(N)c1ccccc1. The summed E-state index contributed by atoms with van der Waals surface area (Å²) in [7, 11) is 2.22. The van der Waals surface area contributed by atoms with Crippen molar-refractivity contribution in [3.63, 3.8) is 0 Å². The number of nitrogens with zero attached hydrogens (tertiary/aromatic N) is 3. The summed E-state index contributed by atoms with van der Waals surface area (Å²) in [6.45, 7) is 2.17. The van der Waals surface area contributed by atoms with Crippen molar-refractivity contribution in [3.05, 3.63) is 54.1 Å². The standard InChI is InChI=1S/C17H24N4/c1-20-10-6-5-9-15(20)12-21-13-19-11-16(21)17(18)14-7-3-2-4-8-14/h2-4,7-8,11,13,15,17H,5-6,9-10,12,18H2,1H3. The summed E-state index contributed by atoms with van der Waals surface area (Å²) in [4.78, 5) is 6.78. The molecule has 0 bridgehead atoms. The smallest absolute Gasteiger partial charge is 0.0949 e. The van der Waals surface area contributed by atoms with Crippen molar-refractivity contribution in [2.45, 2.75) is 37.9 Å². The van der Waals surface area contributed by atoms with E-state index in [1.165, 1.54) is 25.8 Å². The molecular weight excluding hydrogens is 260 g/mol. The van der Waals surface area contributed by atoms with Gasteiger partial charge in [0.15, 0.2) is 0 Å². The molecule has 2 N–H and O–H groups in total. The summed E-state index contributed by atoms with van der Waals surface area (Å²) in [6, 6.07) is 10.7. The molecule has 1 aliphatic heterocycles. The molecule has 2 atom stereocenters. The first-order valence-electron chi connectivity index (χ1n) is 7.76. The normalized spacial score (nSPS) is 21.3. The predicted molar refractivity (Wildman–Crippen MR) is 85.0 cm³/mol. The fraction of sp³-hybridized carbons (Fsp3) is 0.471. The Kier molecular flexibility index (Phi) is 4.36. The maximum Gasteiger partial charge on any atom is 0.0949 e. The average molecular weight is 284 g/mol. The summed E-state index contributed by atoms with van der Waals surface area (Å²) < 4.78 is 2.23. The van der Waals surface area contributed by atoms with Crippen LogP contribution in [0.2, 0.25) is 0 Å². The second-order valence-corrected chi connectivity index (χ2v) is 5.99. The predicted octanol–water partition coefficient (Wildman–Crippen LogP) is 2.42. The van der Waals surface area contributed by atoms with Gasteiger partial charge in [-0.1, -0.05) is 36.8 Å². The molecule has 0 spiro atoms. The Labute approximate surface area is 126 Å². The molecule has 112 valence electrons. The lowest BCUT2D eigenvalue weighted by Gasteiger charge is -2.33. The zero-order valence-corrected chi connectivity index (χ0v) is 12.7. The summed E-state index contributed by atoms with van der Waals surface area (Å²) in [5, 5.41) is 0. The van der Waals surface area contributed by atoms with Crippen LogP contribution in [0.1, 0.15) is 36.6 Å². The summed E-state index contributed by atoms with van der Waals surface area (Å²) in [5.74, 6) is 0. The van der Waals surface area contributed by atoms with Crippen LogP contribution in [0.4, 0.5) is 0 Å². The first kappa shape index (κ1) is 14.3. The molecule has 1 fully saturated rings. The van der Waals surface area contributed by atoms with Crippen LogP contribution in [0, 0.1) is 0 Å². The van der Waals surface area contributed by atoms with E-state index in [1.54, 1.807) is 0 Å². The van der Waals surface area contributed by atoms with Gasteiger partial charge in [0.1, 0.15) is 0 Å². The van der Waals surface area contributed by atoms with Crippen LogP contribution in [0.5, 0.6) is 0 Å². The van der Waals surface area contributed by atoms with E-state index in [9.17, 15) is 0 Å². The molecule has 3 rings (SSSR count). The van der Waals surface area contributed by atoms with Gasteiger partial charge >= 0.3 is 0 Å². The van der Waals surface area contributed by atoms with Crippen LogP contribution in [-0.4, -0.2) is 34.1 Å². The molecule has 4 nitrogen and oxygen atoms in total. The van der Waals surface area contributed by atoms with Gasteiger partial charge in [-0.3, -0.25) is 0 Å². The summed E-state index contributed by atoms with van der Waals surface area (Å²) >= 11 is 0. The van der Waals surface area contributed by atoms with Crippen molar-refractivity contribution in [1.82, 2.24) is 14.5 Å². The van der Waals surface area contributed by atoms with Gasteiger partial charge in [-0.25, -0.2) is 4.98 Å². The van der Waals surface area contributed by atoms with E-state index in [4.69, 9.17) is 5.73 Å². The average Bonchev–Trinajstić information content (AvgIpc) is 2.98. The minimum atomic E-state index is -0.109. The molecule has 1 aliphatic rings. The first-order valence-corrected chi connectivity index (χ1v) is 7.76. The molecule has 21 heavy (non-hydrogen) atoms. The van der Waals surface area contributed by atoms with Gasteiger partial charge in [0.05, 0.1) is 24.3 Å². The minimum absolute atomic E-state index is 0.109. The monoisotopic (exact) mass is 284 g/mol. The molecule has 0 aliphatic carbocycles. The Balaban J connectivity index is 1.77. The number of rotatable bonds is 4. The number of likely N-dealkylation sites (N-methyl/N-ethyl adjacent to an activating group) is 1. The van der Waals surface area contributed by atoms with Gasteiger partial charge in [0.25, 0.3) is 0 Å². The molecule has 0 amide bonds. The summed E-state index contributed by atoms with van der Waals surface area (Å²) in [6.07, 6.45) is 7.72. The van der Waals surface area contributed by atoms with Crippen LogP contribution < -0.4 is 5.73 Å². The van der Waals surface area contributed by atoms with Crippen LogP contribution in [0.25, 0.3) is 0 Å². The fourth-order valence-corrected chi connectivity index (χ4v) is 3.18. The molecule has 0 saturated carbocycles. The highest BCUT2D eigenvalue weighted by Crippen LogP contribution is 2.22. The third-order valence-electron chi connectivity index (χ3n) is 4.55. The third kappa shape index (κ3) is 3.17. The summed E-state index contributed by atoms with van der Waals surface area (Å²) in [5.41, 5.74) is 8.66. The fourth-order valence-electron chi connectivity index (χ4n) is 3.18. The van der Waals surface area contributed by atoms with Crippen molar-refractivity contribution in [3.8, 4) is 0 Å². The van der Waals surface area contributed by atoms with Crippen LogP contribution in [-0.2, 0) is 6.54 Å². The van der Waals surface area contributed by atoms with E-state index >= 15 is 0 Å². The second kappa shape index (κ2) is 6.41. The Bertz CT molecular complexity index is 563. The molecular formula is C17H24N4. The van der Waals surface area contributed by atoms with Gasteiger partial charge in [0.2, 0.25) is 0 Å². The first-order chi connectivity index (χ1) is 10.3. The lowest BCUT2D eigenvalue weighted by Crippen LogP contribution is -2.39. The molecule has 1 saturated heterocycles. The Morgan fingerprint density at radius 1 is 1.29 bits per heavy atom. The highest BCUT2D eigenvalue weighted by molar-refractivity contribution is 5.26. The second-order valence-electron chi connectivity index (χ2n) is 5.99. The van der Waals surface area contributed by atoms with Crippen LogP contribution in [0.3, 0.4) is 0 Å². The van der Waals surface area contributed by atoms with Crippen LogP contribution >= 0.6 is 0 Å². The van der Waals surface area contributed by atoms with E-state index in [-0.39, 0.29) is 6.04 Å². The van der Waals surface area contributed by atoms with Gasteiger partial charge in [0, 0.05) is 12.6 Å². The largest absolute Gasteiger partial charge is 0.331 e. The lowest BCUT2D eigenvalue weighted by molar-refractivity contribution is 0.166. The molecule has 0 radical (unpaired) electrons. The Morgan fingerprint density at radius 2 is 2.10 bits per heavy atom. The van der Waals surface area contributed by atoms with E-state index < -0.39 is 0 Å². The Hall–Kier alpha value is -1.65. The quantitative estimate of drug-likeness (QED) is 0.938. The molecule has 1 aromatic heterocycles. The van der Waals surface area contributed by atoms with E-state index in [0.29, 0.717) is 6.04 Å². The molecule has 2 unspecified atom stereocenters. The van der Waals surface area contributed by atoms with Gasteiger partial charge in [-0.05, 0) is 32.0 Å². The number of piperidine rings is 1. The van der Waals surface area contributed by atoms with Crippen molar-refractivity contribution in [1.29, 1.82) is 0 Å². The highest BCUT2D eigenvalue weighted by Gasteiger charge is 2.21. The maximum absolute atomic E-state index is 6.43. The number of benzene rings is 1. The van der Waals surface area contributed by atoms with E-state index in [1.807, 2.05) is 30.7 Å². The van der Waals surface area contributed by atoms with E-state index in [0.717, 1.165) is 17.8 Å². The minimum Gasteiger partial charge on any atom is -0.331 e. The number of hydrogen-bond donors (Lipinski definition) is 1. The van der Waals surface area contributed by atoms with Crippen molar-refractivity contribution in [2.75, 3.05) is 13.6 Å².